The Balaban J connectivity index is 2.01. The normalized spacial score (nSPS) is 13.4. The molecule has 0 bridgehead atoms. The fourth-order valence-electron chi connectivity index (χ4n) is 1.63. The van der Waals surface area contributed by atoms with Gasteiger partial charge in [-0.05, 0) is 25.0 Å². The Hall–Kier alpha value is -2.37. The molecule has 2 N–H and O–H groups in total. The summed E-state index contributed by atoms with van der Waals surface area (Å²) in [4.78, 5) is 34.3. The van der Waals surface area contributed by atoms with Crippen LogP contribution in [0.1, 0.15) is 30.1 Å². The zero-order chi connectivity index (χ0) is 14.5. The average molecular weight is 276 g/mol. The molecule has 2 amide bonds. The molecule has 6 heteroatoms. The lowest BCUT2D eigenvalue weighted by Gasteiger charge is -2.11. The molecule has 106 valence electrons. The maximum Gasteiger partial charge on any atom is 0.303 e. The Labute approximate surface area is 116 Å². The number of carbonyl (C=O) groups excluding carboxylic acids is 3. The van der Waals surface area contributed by atoms with Crippen molar-refractivity contribution < 1.29 is 19.1 Å². The lowest BCUT2D eigenvalue weighted by atomic mass is 10.1. The molecule has 1 aliphatic rings. The molecule has 0 heterocycles. The van der Waals surface area contributed by atoms with Gasteiger partial charge in [-0.3, -0.25) is 14.4 Å². The van der Waals surface area contributed by atoms with E-state index in [-0.39, 0.29) is 18.6 Å². The standard InChI is InChI=1S/C14H16N2O4/c1-9(17)20-8-13(18)16-12-5-3-2-4-11(12)14(19)15-10-6-7-10/h2-5,10H,6-8H2,1H3,(H,15,19)(H,16,18). The lowest BCUT2D eigenvalue weighted by Crippen LogP contribution is -2.27. The molecule has 0 unspecified atom stereocenters. The molecule has 20 heavy (non-hydrogen) atoms. The molecule has 0 spiro atoms. The number of hydrogen-bond donors (Lipinski definition) is 2. The second-order valence-electron chi connectivity index (χ2n) is 4.62. The van der Waals surface area contributed by atoms with E-state index < -0.39 is 11.9 Å². The van der Waals surface area contributed by atoms with Gasteiger partial charge in [0, 0.05) is 13.0 Å². The van der Waals surface area contributed by atoms with E-state index in [9.17, 15) is 14.4 Å². The third kappa shape index (κ3) is 4.08. The first kappa shape index (κ1) is 14.0. The molecule has 0 atom stereocenters. The SMILES string of the molecule is CC(=O)OCC(=O)Nc1ccccc1C(=O)NC1CC1. The number of rotatable bonds is 5. The van der Waals surface area contributed by atoms with Crippen molar-refractivity contribution in [3.05, 3.63) is 29.8 Å². The number of hydrogen-bond acceptors (Lipinski definition) is 4. The van der Waals surface area contributed by atoms with Gasteiger partial charge in [0.25, 0.3) is 11.8 Å². The third-order valence-corrected chi connectivity index (χ3v) is 2.76. The van der Waals surface area contributed by atoms with Crippen LogP contribution in [-0.2, 0) is 14.3 Å². The summed E-state index contributed by atoms with van der Waals surface area (Å²) in [7, 11) is 0. The quantitative estimate of drug-likeness (QED) is 0.788. The van der Waals surface area contributed by atoms with Crippen LogP contribution in [0, 0.1) is 0 Å². The van der Waals surface area contributed by atoms with Crippen LogP contribution in [0.2, 0.25) is 0 Å². The second-order valence-corrected chi connectivity index (χ2v) is 4.62. The van der Waals surface area contributed by atoms with Gasteiger partial charge < -0.3 is 15.4 Å². The number of carbonyl (C=O) groups is 3. The monoisotopic (exact) mass is 276 g/mol. The van der Waals surface area contributed by atoms with Gasteiger partial charge >= 0.3 is 5.97 Å². The highest BCUT2D eigenvalue weighted by Gasteiger charge is 2.25. The number of esters is 1. The van der Waals surface area contributed by atoms with Crippen molar-refractivity contribution in [1.82, 2.24) is 5.32 Å². The van der Waals surface area contributed by atoms with Gasteiger partial charge in [-0.2, -0.15) is 0 Å². The number of anilines is 1. The van der Waals surface area contributed by atoms with Gasteiger partial charge in [0.1, 0.15) is 0 Å². The number of amides is 2. The first-order valence-electron chi connectivity index (χ1n) is 6.39. The van der Waals surface area contributed by atoms with Crippen LogP contribution in [0.25, 0.3) is 0 Å². The Morgan fingerprint density at radius 3 is 2.60 bits per heavy atom. The number of nitrogens with one attached hydrogen (secondary N) is 2. The zero-order valence-electron chi connectivity index (χ0n) is 11.1. The summed E-state index contributed by atoms with van der Waals surface area (Å²) >= 11 is 0. The number of ether oxygens (including phenoxy) is 1. The molecular weight excluding hydrogens is 260 g/mol. The van der Waals surface area contributed by atoms with E-state index in [0.717, 1.165) is 12.8 Å². The summed E-state index contributed by atoms with van der Waals surface area (Å²) in [6, 6.07) is 6.96. The molecule has 1 fully saturated rings. The first-order chi connectivity index (χ1) is 9.56. The predicted octanol–water partition coefficient (Wildman–Crippen LogP) is 1.08. The van der Waals surface area contributed by atoms with Gasteiger partial charge in [-0.25, -0.2) is 0 Å². The second kappa shape index (κ2) is 6.18. The molecular formula is C14H16N2O4. The van der Waals surface area contributed by atoms with Gasteiger partial charge in [0.05, 0.1) is 11.3 Å². The molecule has 2 rings (SSSR count). The van der Waals surface area contributed by atoms with E-state index in [1.165, 1.54) is 6.92 Å². The highest BCUT2D eigenvalue weighted by molar-refractivity contribution is 6.04. The summed E-state index contributed by atoms with van der Waals surface area (Å²) < 4.78 is 4.60. The van der Waals surface area contributed by atoms with E-state index >= 15 is 0 Å². The van der Waals surface area contributed by atoms with Crippen LogP contribution in [-0.4, -0.2) is 30.4 Å². The highest BCUT2D eigenvalue weighted by Crippen LogP contribution is 2.21. The summed E-state index contributed by atoms with van der Waals surface area (Å²) in [5.41, 5.74) is 0.804. The summed E-state index contributed by atoms with van der Waals surface area (Å²) in [5.74, 6) is -1.22. The van der Waals surface area contributed by atoms with E-state index in [1.807, 2.05) is 0 Å². The first-order valence-corrected chi connectivity index (χ1v) is 6.39. The summed E-state index contributed by atoms with van der Waals surface area (Å²) in [6.45, 7) is 0.859. The molecule has 1 saturated carbocycles. The van der Waals surface area contributed by atoms with Crippen molar-refractivity contribution in [1.29, 1.82) is 0 Å². The van der Waals surface area contributed by atoms with E-state index in [0.29, 0.717) is 11.3 Å². The van der Waals surface area contributed by atoms with Gasteiger partial charge in [0.15, 0.2) is 6.61 Å². The van der Waals surface area contributed by atoms with Crippen LogP contribution in [0.3, 0.4) is 0 Å². The van der Waals surface area contributed by atoms with Crippen LogP contribution in [0.5, 0.6) is 0 Å². The van der Waals surface area contributed by atoms with Crippen molar-refractivity contribution in [2.45, 2.75) is 25.8 Å². The van der Waals surface area contributed by atoms with E-state index in [2.05, 4.69) is 15.4 Å². The van der Waals surface area contributed by atoms with Crippen molar-refractivity contribution in [2.75, 3.05) is 11.9 Å². The van der Waals surface area contributed by atoms with Crippen LogP contribution in [0.4, 0.5) is 5.69 Å². The molecule has 0 aliphatic heterocycles. The molecule has 1 aromatic carbocycles. The van der Waals surface area contributed by atoms with Crippen molar-refractivity contribution in [3.8, 4) is 0 Å². The Kier molecular flexibility index (Phi) is 4.34. The molecule has 0 saturated heterocycles. The Morgan fingerprint density at radius 2 is 1.95 bits per heavy atom. The topological polar surface area (TPSA) is 84.5 Å². The highest BCUT2D eigenvalue weighted by atomic mass is 16.5. The molecule has 6 nitrogen and oxygen atoms in total. The van der Waals surface area contributed by atoms with Crippen molar-refractivity contribution in [2.24, 2.45) is 0 Å². The molecule has 1 aliphatic carbocycles. The molecule has 1 aromatic rings. The summed E-state index contributed by atoms with van der Waals surface area (Å²) in [6.07, 6.45) is 1.99. The lowest BCUT2D eigenvalue weighted by molar-refractivity contribution is -0.144. The summed E-state index contributed by atoms with van der Waals surface area (Å²) in [5, 5.41) is 5.42. The zero-order valence-corrected chi connectivity index (χ0v) is 11.1. The largest absolute Gasteiger partial charge is 0.456 e. The smallest absolute Gasteiger partial charge is 0.303 e. The Bertz CT molecular complexity index is 538. The van der Waals surface area contributed by atoms with Crippen LogP contribution < -0.4 is 10.6 Å². The molecule has 0 radical (unpaired) electrons. The number of para-hydroxylation sites is 1. The minimum atomic E-state index is -0.528. The Morgan fingerprint density at radius 1 is 1.25 bits per heavy atom. The molecule has 0 aromatic heterocycles. The van der Waals surface area contributed by atoms with Gasteiger partial charge in [-0.1, -0.05) is 12.1 Å². The van der Waals surface area contributed by atoms with Gasteiger partial charge in [-0.15, -0.1) is 0 Å². The fraction of sp³-hybridized carbons (Fsp3) is 0.357. The maximum absolute atomic E-state index is 12.0. The van der Waals surface area contributed by atoms with Crippen molar-refractivity contribution in [3.63, 3.8) is 0 Å². The van der Waals surface area contributed by atoms with Crippen LogP contribution in [0.15, 0.2) is 24.3 Å². The average Bonchev–Trinajstić information content (AvgIpc) is 3.21. The van der Waals surface area contributed by atoms with Crippen LogP contribution >= 0.6 is 0 Å². The van der Waals surface area contributed by atoms with Gasteiger partial charge in [0.2, 0.25) is 0 Å². The third-order valence-electron chi connectivity index (χ3n) is 2.76. The maximum atomic E-state index is 12.0. The number of benzene rings is 1. The minimum Gasteiger partial charge on any atom is -0.456 e. The predicted molar refractivity (Wildman–Crippen MR) is 72.2 cm³/mol. The van der Waals surface area contributed by atoms with E-state index in [4.69, 9.17) is 0 Å². The minimum absolute atomic E-state index is 0.212. The van der Waals surface area contributed by atoms with Crippen molar-refractivity contribution >= 4 is 23.5 Å². The fourth-order valence-corrected chi connectivity index (χ4v) is 1.63. The van der Waals surface area contributed by atoms with E-state index in [1.54, 1.807) is 24.3 Å².